The first-order chi connectivity index (χ1) is 17.7. The number of carboxylic acids is 2. The lowest BCUT2D eigenvalue weighted by molar-refractivity contribution is -0.159. The fraction of sp³-hybridized carbons (Fsp3) is 0.370. The van der Waals surface area contributed by atoms with E-state index in [2.05, 4.69) is 36.9 Å². The number of thiazole rings is 1. The van der Waals surface area contributed by atoms with Gasteiger partial charge < -0.3 is 24.5 Å². The number of aliphatic hydroxyl groups excluding tert-OH is 1. The molecule has 0 spiro atoms. The number of piperidine rings is 1. The molecule has 1 aliphatic rings. The van der Waals surface area contributed by atoms with Crippen molar-refractivity contribution >= 4 is 44.5 Å². The average molecular weight is 527 g/mol. The van der Waals surface area contributed by atoms with Gasteiger partial charge in [-0.2, -0.15) is 0 Å². The molecule has 5 rings (SSSR count). The van der Waals surface area contributed by atoms with Crippen LogP contribution in [0.4, 0.5) is 0 Å². The highest BCUT2D eigenvalue weighted by Gasteiger charge is 2.29. The van der Waals surface area contributed by atoms with E-state index in [1.54, 1.807) is 6.26 Å². The number of ether oxygens (including phenoxy) is 1. The number of rotatable bonds is 6. The number of aryl methyl sites for hydroxylation is 1. The van der Waals surface area contributed by atoms with Gasteiger partial charge in [0.2, 0.25) is 0 Å². The zero-order valence-corrected chi connectivity index (χ0v) is 21.5. The Labute approximate surface area is 217 Å². The second-order valence-corrected chi connectivity index (χ2v) is 10.3. The van der Waals surface area contributed by atoms with Gasteiger partial charge in [0.15, 0.2) is 0 Å². The van der Waals surface area contributed by atoms with Gasteiger partial charge in [0, 0.05) is 18.5 Å². The molecule has 0 unspecified atom stereocenters. The summed E-state index contributed by atoms with van der Waals surface area (Å²) in [6, 6.07) is 14.4. The maximum absolute atomic E-state index is 10.6. The van der Waals surface area contributed by atoms with Crippen molar-refractivity contribution in [2.75, 3.05) is 19.7 Å². The summed E-state index contributed by atoms with van der Waals surface area (Å²) in [5.74, 6) is -2.40. The minimum atomic E-state index is -1.82. The third-order valence-corrected chi connectivity index (χ3v) is 7.70. The summed E-state index contributed by atoms with van der Waals surface area (Å²) in [6.07, 6.45) is 3.27. The fourth-order valence-corrected chi connectivity index (χ4v) is 5.79. The van der Waals surface area contributed by atoms with E-state index in [0.29, 0.717) is 18.5 Å². The summed E-state index contributed by atoms with van der Waals surface area (Å²) < 4.78 is 12.6. The van der Waals surface area contributed by atoms with Gasteiger partial charge in [-0.1, -0.05) is 18.2 Å². The lowest BCUT2D eigenvalue weighted by Crippen LogP contribution is -2.45. The van der Waals surface area contributed by atoms with Crippen molar-refractivity contribution in [2.24, 2.45) is 0 Å². The van der Waals surface area contributed by atoms with Crippen LogP contribution in [0.25, 0.3) is 21.2 Å². The largest absolute Gasteiger partial charge is 0.490 e. The van der Waals surface area contributed by atoms with E-state index in [9.17, 15) is 5.11 Å². The minimum absolute atomic E-state index is 0.272. The number of benzene rings is 2. The molecule has 0 aliphatic carbocycles. The SMILES string of the molecule is Cc1cccc2sc([C@@H]3CCN(C[C@H](O)COc4cccc5occc45)[C@H](C)C3)nc12.O=C(O)C(=O)O. The maximum Gasteiger partial charge on any atom is 0.414 e. The predicted octanol–water partition coefficient (Wildman–Crippen LogP) is 4.51. The standard InChI is InChI=1S/C25H28N2O3S.C2H2O4/c1-16-5-3-8-23-24(16)26-25(31-23)18-9-11-27(17(2)13-18)14-19(28)15-30-22-7-4-6-21-20(22)10-12-29-21;3-1(4)2(5)6/h3-8,10,12,17-19,28H,9,11,13-15H2,1-2H3;(H,3,4)(H,5,6)/t17-,18-,19+;/m1./s1. The molecule has 10 heteroatoms. The second kappa shape index (κ2) is 11.7. The summed E-state index contributed by atoms with van der Waals surface area (Å²) in [5, 5.41) is 27.6. The third-order valence-electron chi connectivity index (χ3n) is 6.52. The summed E-state index contributed by atoms with van der Waals surface area (Å²) in [5.41, 5.74) is 3.20. The summed E-state index contributed by atoms with van der Waals surface area (Å²) in [6.45, 7) is 6.25. The molecule has 196 valence electrons. The molecule has 3 N–H and O–H groups in total. The zero-order valence-electron chi connectivity index (χ0n) is 20.7. The number of likely N-dealkylation sites (tertiary alicyclic amines) is 1. The number of aliphatic hydroxyl groups is 1. The van der Waals surface area contributed by atoms with Gasteiger partial charge in [-0.3, -0.25) is 4.90 Å². The Morgan fingerprint density at radius 3 is 2.65 bits per heavy atom. The van der Waals surface area contributed by atoms with Crippen LogP contribution in [0.2, 0.25) is 0 Å². The molecular formula is C27H30N2O7S. The molecule has 2 aromatic carbocycles. The smallest absolute Gasteiger partial charge is 0.414 e. The third kappa shape index (κ3) is 6.46. The maximum atomic E-state index is 10.6. The Bertz CT molecular complexity index is 1370. The van der Waals surface area contributed by atoms with Crippen LogP contribution in [0.1, 0.15) is 36.3 Å². The van der Waals surface area contributed by atoms with Crippen LogP contribution in [0.15, 0.2) is 53.1 Å². The monoisotopic (exact) mass is 526 g/mol. The molecule has 3 atom stereocenters. The Morgan fingerprint density at radius 1 is 1.19 bits per heavy atom. The Hall–Kier alpha value is -3.47. The first-order valence-corrected chi connectivity index (χ1v) is 12.9. The molecule has 4 aromatic rings. The molecule has 0 amide bonds. The first-order valence-electron chi connectivity index (χ1n) is 12.1. The molecule has 1 fully saturated rings. The fourth-order valence-electron chi connectivity index (χ4n) is 4.60. The van der Waals surface area contributed by atoms with Crippen LogP contribution >= 0.6 is 11.3 Å². The van der Waals surface area contributed by atoms with E-state index in [1.807, 2.05) is 35.6 Å². The number of furan rings is 1. The van der Waals surface area contributed by atoms with E-state index in [-0.39, 0.29) is 6.61 Å². The Balaban J connectivity index is 0.000000480. The van der Waals surface area contributed by atoms with Crippen LogP contribution in [0.3, 0.4) is 0 Å². The topological polar surface area (TPSA) is 133 Å². The van der Waals surface area contributed by atoms with Gasteiger partial charge in [-0.25, -0.2) is 14.6 Å². The lowest BCUT2D eigenvalue weighted by atomic mass is 9.92. The van der Waals surface area contributed by atoms with Gasteiger partial charge in [-0.05, 0) is 63.1 Å². The molecule has 1 aliphatic heterocycles. The van der Waals surface area contributed by atoms with Crippen molar-refractivity contribution in [3.63, 3.8) is 0 Å². The first kappa shape index (κ1) is 26.6. The van der Waals surface area contributed by atoms with Crippen molar-refractivity contribution in [1.29, 1.82) is 0 Å². The minimum Gasteiger partial charge on any atom is -0.490 e. The summed E-state index contributed by atoms with van der Waals surface area (Å²) in [7, 11) is 0. The van der Waals surface area contributed by atoms with Gasteiger partial charge in [-0.15, -0.1) is 11.3 Å². The number of hydrogen-bond acceptors (Lipinski definition) is 8. The van der Waals surface area contributed by atoms with Gasteiger partial charge in [0.1, 0.15) is 24.0 Å². The van der Waals surface area contributed by atoms with Crippen LogP contribution in [0, 0.1) is 6.92 Å². The molecule has 0 radical (unpaired) electrons. The Morgan fingerprint density at radius 2 is 1.95 bits per heavy atom. The molecule has 0 saturated carbocycles. The zero-order chi connectivity index (χ0) is 26.5. The lowest BCUT2D eigenvalue weighted by Gasteiger charge is -2.38. The van der Waals surface area contributed by atoms with Crippen molar-refractivity contribution < 1.29 is 34.1 Å². The second-order valence-electron chi connectivity index (χ2n) is 9.20. The normalized spacial score (nSPS) is 18.8. The van der Waals surface area contributed by atoms with Crippen LogP contribution in [-0.4, -0.2) is 69.0 Å². The molecule has 2 aromatic heterocycles. The van der Waals surface area contributed by atoms with Gasteiger partial charge in [0.25, 0.3) is 0 Å². The number of nitrogens with zero attached hydrogens (tertiary/aromatic N) is 2. The van der Waals surface area contributed by atoms with Gasteiger partial charge in [0.05, 0.1) is 26.9 Å². The van der Waals surface area contributed by atoms with Crippen LogP contribution < -0.4 is 4.74 Å². The highest BCUT2D eigenvalue weighted by atomic mass is 32.1. The Kier molecular flexibility index (Phi) is 8.42. The number of para-hydroxylation sites is 1. The highest BCUT2D eigenvalue weighted by Crippen LogP contribution is 2.36. The van der Waals surface area contributed by atoms with E-state index < -0.39 is 18.0 Å². The number of aromatic nitrogens is 1. The van der Waals surface area contributed by atoms with Crippen LogP contribution in [-0.2, 0) is 9.59 Å². The van der Waals surface area contributed by atoms with Crippen molar-refractivity contribution in [3.05, 3.63) is 59.3 Å². The highest BCUT2D eigenvalue weighted by molar-refractivity contribution is 7.18. The van der Waals surface area contributed by atoms with Crippen molar-refractivity contribution in [2.45, 2.75) is 44.8 Å². The molecule has 0 bridgehead atoms. The van der Waals surface area contributed by atoms with Crippen molar-refractivity contribution in [1.82, 2.24) is 9.88 Å². The predicted molar refractivity (Wildman–Crippen MR) is 140 cm³/mol. The van der Waals surface area contributed by atoms with Gasteiger partial charge >= 0.3 is 11.9 Å². The number of fused-ring (bicyclic) bond motifs is 2. The number of hydrogen-bond donors (Lipinski definition) is 3. The quantitative estimate of drug-likeness (QED) is 0.310. The average Bonchev–Trinajstić information content (AvgIpc) is 3.52. The molecule has 1 saturated heterocycles. The summed E-state index contributed by atoms with van der Waals surface area (Å²) >= 11 is 1.84. The van der Waals surface area contributed by atoms with E-state index >= 15 is 0 Å². The number of carbonyl (C=O) groups is 2. The molecular weight excluding hydrogens is 496 g/mol. The van der Waals surface area contributed by atoms with E-state index in [1.165, 1.54) is 15.3 Å². The summed E-state index contributed by atoms with van der Waals surface area (Å²) in [4.78, 5) is 25.5. The molecule has 37 heavy (non-hydrogen) atoms. The van der Waals surface area contributed by atoms with E-state index in [4.69, 9.17) is 33.9 Å². The van der Waals surface area contributed by atoms with Crippen LogP contribution in [0.5, 0.6) is 5.75 Å². The molecule has 3 heterocycles. The van der Waals surface area contributed by atoms with Crippen molar-refractivity contribution in [3.8, 4) is 5.75 Å². The number of carboxylic acid groups (broad SMARTS) is 2. The van der Waals surface area contributed by atoms with E-state index in [0.717, 1.165) is 41.6 Å². The molecule has 9 nitrogen and oxygen atoms in total. The number of aliphatic carboxylic acids is 2. The number of β-amino-alcohol motifs (C(OH)–C–C–N with tert-alkyl or cyclic N) is 1.